The van der Waals surface area contributed by atoms with E-state index in [-0.39, 0.29) is 11.8 Å². The van der Waals surface area contributed by atoms with Crippen LogP contribution in [-0.4, -0.2) is 13.0 Å². The van der Waals surface area contributed by atoms with Crippen LogP contribution >= 0.6 is 11.6 Å². The first-order chi connectivity index (χ1) is 9.69. The monoisotopic (exact) mass is 287 g/mol. The molecule has 20 heavy (non-hydrogen) atoms. The zero-order valence-electron chi connectivity index (χ0n) is 11.0. The predicted molar refractivity (Wildman–Crippen MR) is 79.5 cm³/mol. The van der Waals surface area contributed by atoms with Crippen LogP contribution in [0, 0.1) is 0 Å². The molecule has 0 aliphatic carbocycles. The molecule has 0 saturated heterocycles. The largest absolute Gasteiger partial charge is 0.496 e. The number of amides is 1. The van der Waals surface area contributed by atoms with E-state index >= 15 is 0 Å². The first kappa shape index (κ1) is 13.0. The van der Waals surface area contributed by atoms with Crippen molar-refractivity contribution in [3.05, 3.63) is 58.6 Å². The molecule has 0 spiro atoms. The Bertz CT molecular complexity index is 669. The van der Waals surface area contributed by atoms with Crippen LogP contribution in [0.4, 0.5) is 5.69 Å². The molecule has 1 heterocycles. The van der Waals surface area contributed by atoms with Crippen LogP contribution in [0.15, 0.2) is 42.5 Å². The Balaban J connectivity index is 1.96. The number of ether oxygens (including phenoxy) is 1. The van der Waals surface area contributed by atoms with Crippen molar-refractivity contribution in [2.75, 3.05) is 12.4 Å². The lowest BCUT2D eigenvalue weighted by atomic mass is 9.93. The molecular formula is C16H14ClNO2. The van der Waals surface area contributed by atoms with Crippen molar-refractivity contribution in [2.45, 2.75) is 12.3 Å². The molecule has 1 atom stereocenters. The van der Waals surface area contributed by atoms with Crippen molar-refractivity contribution in [3.8, 4) is 5.75 Å². The number of benzene rings is 2. The van der Waals surface area contributed by atoms with Crippen molar-refractivity contribution in [1.29, 1.82) is 0 Å². The van der Waals surface area contributed by atoms with Gasteiger partial charge in [0.15, 0.2) is 0 Å². The zero-order valence-corrected chi connectivity index (χ0v) is 11.8. The summed E-state index contributed by atoms with van der Waals surface area (Å²) in [6.45, 7) is 0. The maximum absolute atomic E-state index is 12.1. The molecule has 1 N–H and O–H groups in total. The Morgan fingerprint density at radius 3 is 2.85 bits per heavy atom. The number of hydrogen-bond donors (Lipinski definition) is 1. The van der Waals surface area contributed by atoms with Gasteiger partial charge in [-0.2, -0.15) is 0 Å². The van der Waals surface area contributed by atoms with Crippen molar-refractivity contribution in [2.24, 2.45) is 0 Å². The van der Waals surface area contributed by atoms with E-state index in [2.05, 4.69) is 5.32 Å². The van der Waals surface area contributed by atoms with E-state index in [1.54, 1.807) is 13.2 Å². The number of carbonyl (C=O) groups is 1. The van der Waals surface area contributed by atoms with E-state index in [1.165, 1.54) is 0 Å². The lowest BCUT2D eigenvalue weighted by Crippen LogP contribution is -2.14. The minimum atomic E-state index is -0.196. The standard InChI is InChI=1S/C16H14ClNO2/c1-20-15-7-6-11(17)8-10(15)9-13-12-4-2-3-5-14(12)18-16(13)19/h2-8,13H,9H2,1H3,(H,18,19)/t13-/m1/s1. The Morgan fingerprint density at radius 2 is 2.05 bits per heavy atom. The maximum atomic E-state index is 12.1. The Hall–Kier alpha value is -2.00. The summed E-state index contributed by atoms with van der Waals surface area (Å²) >= 11 is 6.04. The van der Waals surface area contributed by atoms with Gasteiger partial charge < -0.3 is 10.1 Å². The van der Waals surface area contributed by atoms with Crippen LogP contribution in [0.5, 0.6) is 5.75 Å². The number of anilines is 1. The summed E-state index contributed by atoms with van der Waals surface area (Å²) in [5, 5.41) is 3.55. The Labute approximate surface area is 122 Å². The van der Waals surface area contributed by atoms with Crippen LogP contribution in [0.25, 0.3) is 0 Å². The number of halogens is 1. The minimum absolute atomic E-state index is 0.0215. The molecule has 2 aromatic rings. The summed E-state index contributed by atoms with van der Waals surface area (Å²) in [5.74, 6) is 0.582. The molecule has 3 nitrogen and oxygen atoms in total. The summed E-state index contributed by atoms with van der Waals surface area (Å²) < 4.78 is 5.34. The van der Waals surface area contributed by atoms with Crippen molar-refractivity contribution in [1.82, 2.24) is 0 Å². The second-order valence-electron chi connectivity index (χ2n) is 4.79. The third-order valence-electron chi connectivity index (χ3n) is 3.58. The first-order valence-electron chi connectivity index (χ1n) is 6.41. The molecule has 102 valence electrons. The van der Waals surface area contributed by atoms with Crippen molar-refractivity contribution >= 4 is 23.2 Å². The van der Waals surface area contributed by atoms with Gasteiger partial charge in [0.1, 0.15) is 5.75 Å². The lowest BCUT2D eigenvalue weighted by molar-refractivity contribution is -0.117. The maximum Gasteiger partial charge on any atom is 0.232 e. The van der Waals surface area contributed by atoms with Crippen molar-refractivity contribution < 1.29 is 9.53 Å². The highest BCUT2D eigenvalue weighted by Gasteiger charge is 2.30. The summed E-state index contributed by atoms with van der Waals surface area (Å²) in [6, 6.07) is 13.2. The summed E-state index contributed by atoms with van der Waals surface area (Å²) in [5.41, 5.74) is 2.86. The van der Waals surface area contributed by atoms with Crippen LogP contribution in [0.1, 0.15) is 17.0 Å². The van der Waals surface area contributed by atoms with E-state index in [0.29, 0.717) is 11.4 Å². The van der Waals surface area contributed by atoms with Gasteiger partial charge in [-0.25, -0.2) is 0 Å². The fourth-order valence-electron chi connectivity index (χ4n) is 2.61. The predicted octanol–water partition coefficient (Wildman–Crippen LogP) is 3.63. The minimum Gasteiger partial charge on any atom is -0.496 e. The zero-order chi connectivity index (χ0) is 14.1. The normalized spacial score (nSPS) is 16.7. The summed E-state index contributed by atoms with van der Waals surface area (Å²) in [7, 11) is 1.62. The molecule has 0 aromatic heterocycles. The van der Waals surface area contributed by atoms with Crippen LogP contribution in [0.2, 0.25) is 5.02 Å². The van der Waals surface area contributed by atoms with Gasteiger partial charge in [-0.15, -0.1) is 0 Å². The third kappa shape index (κ3) is 2.25. The molecule has 4 heteroatoms. The highest BCUT2D eigenvalue weighted by atomic mass is 35.5. The van der Waals surface area contributed by atoms with Gasteiger partial charge in [-0.1, -0.05) is 29.8 Å². The van der Waals surface area contributed by atoms with Gasteiger partial charge >= 0.3 is 0 Å². The number of para-hydroxylation sites is 1. The first-order valence-corrected chi connectivity index (χ1v) is 6.79. The second kappa shape index (κ2) is 5.17. The highest BCUT2D eigenvalue weighted by Crippen LogP contribution is 2.36. The Morgan fingerprint density at radius 1 is 1.25 bits per heavy atom. The van der Waals surface area contributed by atoms with Crippen molar-refractivity contribution in [3.63, 3.8) is 0 Å². The lowest BCUT2D eigenvalue weighted by Gasteiger charge is -2.13. The molecule has 2 aromatic carbocycles. The average Bonchev–Trinajstić information content (AvgIpc) is 2.76. The quantitative estimate of drug-likeness (QED) is 0.936. The molecule has 1 aliphatic heterocycles. The summed E-state index contributed by atoms with van der Waals surface area (Å²) in [4.78, 5) is 12.1. The smallest absolute Gasteiger partial charge is 0.232 e. The van der Waals surface area contributed by atoms with E-state index in [0.717, 1.165) is 22.6 Å². The molecule has 1 amide bonds. The van der Waals surface area contributed by atoms with E-state index in [4.69, 9.17) is 16.3 Å². The molecular weight excluding hydrogens is 274 g/mol. The van der Waals surface area contributed by atoms with Gasteiger partial charge in [0, 0.05) is 10.7 Å². The fourth-order valence-corrected chi connectivity index (χ4v) is 2.80. The summed E-state index contributed by atoms with van der Waals surface area (Å²) in [6.07, 6.45) is 0.576. The fraction of sp³-hybridized carbons (Fsp3) is 0.188. The average molecular weight is 288 g/mol. The number of fused-ring (bicyclic) bond motifs is 1. The second-order valence-corrected chi connectivity index (χ2v) is 5.23. The van der Waals surface area contributed by atoms with Crippen LogP contribution < -0.4 is 10.1 Å². The van der Waals surface area contributed by atoms with Gasteiger partial charge in [-0.3, -0.25) is 4.79 Å². The molecule has 0 saturated carbocycles. The van der Waals surface area contributed by atoms with E-state index < -0.39 is 0 Å². The molecule has 0 bridgehead atoms. The van der Waals surface area contributed by atoms with Gasteiger partial charge in [0.05, 0.1) is 13.0 Å². The molecule has 0 radical (unpaired) electrons. The SMILES string of the molecule is COc1ccc(Cl)cc1C[C@H]1C(=O)Nc2ccccc21. The topological polar surface area (TPSA) is 38.3 Å². The van der Waals surface area contributed by atoms with Gasteiger partial charge in [0.25, 0.3) is 0 Å². The van der Waals surface area contributed by atoms with E-state index in [9.17, 15) is 4.79 Å². The third-order valence-corrected chi connectivity index (χ3v) is 3.81. The number of hydrogen-bond acceptors (Lipinski definition) is 2. The number of nitrogens with one attached hydrogen (secondary N) is 1. The molecule has 3 rings (SSSR count). The highest BCUT2D eigenvalue weighted by molar-refractivity contribution is 6.30. The molecule has 0 fully saturated rings. The molecule has 1 aliphatic rings. The number of rotatable bonds is 3. The number of methoxy groups -OCH3 is 1. The number of carbonyl (C=O) groups excluding carboxylic acids is 1. The molecule has 0 unspecified atom stereocenters. The Kier molecular flexibility index (Phi) is 3.36. The van der Waals surface area contributed by atoms with Gasteiger partial charge in [-0.05, 0) is 41.8 Å². The van der Waals surface area contributed by atoms with Crippen LogP contribution in [-0.2, 0) is 11.2 Å². The van der Waals surface area contributed by atoms with Gasteiger partial charge in [0.2, 0.25) is 5.91 Å². The van der Waals surface area contributed by atoms with Crippen LogP contribution in [0.3, 0.4) is 0 Å². The van der Waals surface area contributed by atoms with E-state index in [1.807, 2.05) is 36.4 Å².